The first-order valence-electron chi connectivity index (χ1n) is 8.10. The average molecular weight is 382 g/mol. The van der Waals surface area contributed by atoms with Crippen molar-refractivity contribution in [1.82, 2.24) is 10.2 Å². The van der Waals surface area contributed by atoms with Crippen molar-refractivity contribution in [2.75, 3.05) is 6.61 Å². The minimum absolute atomic E-state index is 0.0249. The monoisotopic (exact) mass is 381 g/mol. The summed E-state index contributed by atoms with van der Waals surface area (Å²) in [5, 5.41) is 13.9. The number of carbonyl (C=O) groups is 2. The van der Waals surface area contributed by atoms with E-state index < -0.39 is 23.0 Å². The van der Waals surface area contributed by atoms with Crippen LogP contribution in [0, 0.1) is 10.1 Å². The lowest BCUT2D eigenvalue weighted by Crippen LogP contribution is -2.50. The van der Waals surface area contributed by atoms with Crippen molar-refractivity contribution in [1.29, 1.82) is 0 Å². The molecule has 8 nitrogen and oxygen atoms in total. The molecule has 9 heteroatoms. The Morgan fingerprint density at radius 2 is 2.12 bits per heavy atom. The van der Waals surface area contributed by atoms with E-state index in [0.29, 0.717) is 11.3 Å². The van der Waals surface area contributed by atoms with Crippen LogP contribution in [0.3, 0.4) is 0 Å². The first-order chi connectivity index (χ1) is 12.2. The second kappa shape index (κ2) is 7.74. The lowest BCUT2D eigenvalue weighted by Gasteiger charge is -2.37. The number of allylic oxidation sites excluding steroid dienone is 1. The van der Waals surface area contributed by atoms with Gasteiger partial charge in [0.15, 0.2) is 0 Å². The molecule has 0 spiro atoms. The lowest BCUT2D eigenvalue weighted by atomic mass is 9.94. The van der Waals surface area contributed by atoms with Crippen LogP contribution in [0.2, 0.25) is 5.02 Å². The van der Waals surface area contributed by atoms with Crippen molar-refractivity contribution >= 4 is 29.3 Å². The van der Waals surface area contributed by atoms with Crippen molar-refractivity contribution in [3.8, 4) is 0 Å². The molecule has 0 aliphatic carbocycles. The second-order valence-corrected chi connectivity index (χ2v) is 6.44. The standard InChI is InChI=1S/C17H20ClN3O5/c1-5-26-16(22)14-10(4)20(9(2)3)17(23)19-15(14)11-6-7-12(18)13(8-11)21(24)25/h6-9,15H,5H2,1-4H3,(H,19,23)/t15-/m1/s1. The van der Waals surface area contributed by atoms with E-state index in [9.17, 15) is 19.7 Å². The van der Waals surface area contributed by atoms with Gasteiger partial charge in [-0.25, -0.2) is 9.59 Å². The fraction of sp³-hybridized carbons (Fsp3) is 0.412. The van der Waals surface area contributed by atoms with Crippen molar-refractivity contribution in [3.63, 3.8) is 0 Å². The second-order valence-electron chi connectivity index (χ2n) is 6.03. The third kappa shape index (κ3) is 3.65. The van der Waals surface area contributed by atoms with E-state index in [4.69, 9.17) is 16.3 Å². The van der Waals surface area contributed by atoms with Gasteiger partial charge < -0.3 is 10.1 Å². The summed E-state index contributed by atoms with van der Waals surface area (Å²) in [4.78, 5) is 37.0. The average Bonchev–Trinajstić information content (AvgIpc) is 2.54. The van der Waals surface area contributed by atoms with Crippen LogP contribution in [0.5, 0.6) is 0 Å². The van der Waals surface area contributed by atoms with Gasteiger partial charge in [-0.1, -0.05) is 17.7 Å². The molecule has 0 saturated heterocycles. The zero-order chi connectivity index (χ0) is 19.6. The van der Waals surface area contributed by atoms with E-state index in [0.717, 1.165) is 0 Å². The van der Waals surface area contributed by atoms with Gasteiger partial charge in [-0.3, -0.25) is 15.0 Å². The van der Waals surface area contributed by atoms with Crippen molar-refractivity contribution < 1.29 is 19.2 Å². The van der Waals surface area contributed by atoms with E-state index in [2.05, 4.69) is 5.32 Å². The van der Waals surface area contributed by atoms with E-state index in [1.165, 1.54) is 23.1 Å². The molecule has 0 radical (unpaired) electrons. The predicted molar refractivity (Wildman–Crippen MR) is 95.7 cm³/mol. The van der Waals surface area contributed by atoms with Gasteiger partial charge in [0.05, 0.1) is 23.1 Å². The van der Waals surface area contributed by atoms with Gasteiger partial charge in [-0.15, -0.1) is 0 Å². The number of nitrogens with zero attached hydrogens (tertiary/aromatic N) is 2. The Morgan fingerprint density at radius 1 is 1.46 bits per heavy atom. The fourth-order valence-electron chi connectivity index (χ4n) is 2.95. The molecule has 1 atom stereocenters. The van der Waals surface area contributed by atoms with Crippen LogP contribution in [-0.4, -0.2) is 34.5 Å². The van der Waals surface area contributed by atoms with Gasteiger partial charge >= 0.3 is 12.0 Å². The molecular weight excluding hydrogens is 362 g/mol. The summed E-state index contributed by atoms with van der Waals surface area (Å²) in [7, 11) is 0. The maximum Gasteiger partial charge on any atom is 0.338 e. The number of ether oxygens (including phenoxy) is 1. The zero-order valence-corrected chi connectivity index (χ0v) is 15.7. The highest BCUT2D eigenvalue weighted by Crippen LogP contribution is 2.35. The van der Waals surface area contributed by atoms with Crippen LogP contribution < -0.4 is 5.32 Å². The van der Waals surface area contributed by atoms with Crippen molar-refractivity contribution in [2.45, 2.75) is 39.8 Å². The molecule has 0 bridgehead atoms. The number of rotatable bonds is 5. The van der Waals surface area contributed by atoms with Crippen LogP contribution >= 0.6 is 11.6 Å². The molecule has 1 aliphatic heterocycles. The highest BCUT2D eigenvalue weighted by molar-refractivity contribution is 6.32. The number of amides is 2. The van der Waals surface area contributed by atoms with Gasteiger partial charge in [-0.2, -0.15) is 0 Å². The quantitative estimate of drug-likeness (QED) is 0.477. The first kappa shape index (κ1) is 19.7. The summed E-state index contributed by atoms with van der Waals surface area (Å²) in [6, 6.07) is 2.72. The smallest absolute Gasteiger partial charge is 0.338 e. The molecule has 26 heavy (non-hydrogen) atoms. The number of nitro groups is 1. The summed E-state index contributed by atoms with van der Waals surface area (Å²) < 4.78 is 5.13. The van der Waals surface area contributed by atoms with E-state index in [-0.39, 0.29) is 28.9 Å². The molecule has 1 N–H and O–H groups in total. The molecule has 1 heterocycles. The molecule has 140 valence electrons. The molecule has 0 fully saturated rings. The zero-order valence-electron chi connectivity index (χ0n) is 14.9. The lowest BCUT2D eigenvalue weighted by molar-refractivity contribution is -0.384. The fourth-order valence-corrected chi connectivity index (χ4v) is 3.14. The van der Waals surface area contributed by atoms with Crippen LogP contribution in [0.4, 0.5) is 10.5 Å². The summed E-state index contributed by atoms with van der Waals surface area (Å²) >= 11 is 5.86. The molecule has 1 aromatic rings. The maximum absolute atomic E-state index is 12.5. The Kier molecular flexibility index (Phi) is 5.86. The van der Waals surface area contributed by atoms with Gasteiger partial charge in [0.25, 0.3) is 5.69 Å². The molecule has 0 saturated carbocycles. The minimum Gasteiger partial charge on any atom is -0.463 e. The number of urea groups is 1. The highest BCUT2D eigenvalue weighted by atomic mass is 35.5. The summed E-state index contributed by atoms with van der Waals surface area (Å²) in [6.07, 6.45) is 0. The van der Waals surface area contributed by atoms with Gasteiger partial charge in [0.1, 0.15) is 5.02 Å². The van der Waals surface area contributed by atoms with E-state index >= 15 is 0 Å². The number of nitro benzene ring substituents is 1. The number of halogens is 1. The van der Waals surface area contributed by atoms with Crippen LogP contribution in [0.1, 0.15) is 39.3 Å². The SMILES string of the molecule is CCOC(=O)C1=C(C)N(C(C)C)C(=O)N[C@@H]1c1ccc(Cl)c([N+](=O)[O-])c1. The molecule has 2 amide bonds. The highest BCUT2D eigenvalue weighted by Gasteiger charge is 2.38. The minimum atomic E-state index is -0.868. The molecule has 2 rings (SSSR count). The summed E-state index contributed by atoms with van der Waals surface area (Å²) in [6.45, 7) is 7.14. The number of carbonyl (C=O) groups excluding carboxylic acids is 2. The van der Waals surface area contributed by atoms with Crippen molar-refractivity contribution in [3.05, 3.63) is 50.2 Å². The number of hydrogen-bond acceptors (Lipinski definition) is 5. The van der Waals surface area contributed by atoms with Crippen LogP contribution in [-0.2, 0) is 9.53 Å². The topological polar surface area (TPSA) is 102 Å². The van der Waals surface area contributed by atoms with E-state index in [1.807, 2.05) is 13.8 Å². The summed E-state index contributed by atoms with van der Waals surface area (Å²) in [5.41, 5.74) is 0.757. The third-order valence-corrected chi connectivity index (χ3v) is 4.36. The Balaban J connectivity index is 2.62. The number of nitrogens with one attached hydrogen (secondary N) is 1. The Labute approximate surface area is 155 Å². The molecular formula is C17H20ClN3O5. The number of benzene rings is 1. The Hall–Kier alpha value is -2.61. The maximum atomic E-state index is 12.5. The number of esters is 1. The molecule has 1 aromatic carbocycles. The van der Waals surface area contributed by atoms with Crippen LogP contribution in [0.25, 0.3) is 0 Å². The molecule has 1 aliphatic rings. The molecule has 0 unspecified atom stereocenters. The van der Waals surface area contributed by atoms with E-state index in [1.54, 1.807) is 13.8 Å². The first-order valence-corrected chi connectivity index (χ1v) is 8.48. The Morgan fingerprint density at radius 3 is 2.65 bits per heavy atom. The Bertz CT molecular complexity index is 791. The predicted octanol–water partition coefficient (Wildman–Crippen LogP) is 3.56. The molecule has 0 aromatic heterocycles. The third-order valence-electron chi connectivity index (χ3n) is 4.04. The van der Waals surface area contributed by atoms with Crippen molar-refractivity contribution in [2.24, 2.45) is 0 Å². The normalized spacial score (nSPS) is 17.4. The summed E-state index contributed by atoms with van der Waals surface area (Å²) in [5.74, 6) is -0.585. The van der Waals surface area contributed by atoms with Gasteiger partial charge in [0.2, 0.25) is 0 Å². The largest absolute Gasteiger partial charge is 0.463 e. The van der Waals surface area contributed by atoms with Gasteiger partial charge in [-0.05, 0) is 39.3 Å². The van der Waals surface area contributed by atoms with Gasteiger partial charge in [0, 0.05) is 17.8 Å². The number of hydrogen-bond donors (Lipinski definition) is 1. The van der Waals surface area contributed by atoms with Crippen LogP contribution in [0.15, 0.2) is 29.5 Å².